The lowest BCUT2D eigenvalue weighted by Crippen LogP contribution is -2.41. The maximum Gasteiger partial charge on any atom is 0.494 e. The maximum atomic E-state index is 12.8. The number of nitrogens with one attached hydrogen (secondary N) is 1. The van der Waals surface area contributed by atoms with Gasteiger partial charge in [0.05, 0.1) is 11.2 Å². The Kier molecular flexibility index (Phi) is 6.05. The van der Waals surface area contributed by atoms with Crippen molar-refractivity contribution in [2.75, 3.05) is 5.32 Å². The van der Waals surface area contributed by atoms with E-state index in [0.717, 1.165) is 22.3 Å². The van der Waals surface area contributed by atoms with Crippen LogP contribution in [0.1, 0.15) is 49.2 Å². The Morgan fingerprint density at radius 2 is 1.38 bits per heavy atom. The number of hydrogen-bond acceptors (Lipinski definition) is 3. The van der Waals surface area contributed by atoms with Crippen molar-refractivity contribution in [2.45, 2.75) is 38.9 Å². The summed E-state index contributed by atoms with van der Waals surface area (Å²) in [6, 6.07) is 25.3. The Bertz CT molecular complexity index is 1110. The molecule has 162 valence electrons. The molecular weight excluding hydrogens is 397 g/mol. The Morgan fingerprint density at radius 1 is 0.781 bits per heavy atom. The Labute approximate surface area is 190 Å². The molecular formula is C27H28BNO3. The molecule has 1 aliphatic heterocycles. The van der Waals surface area contributed by atoms with E-state index in [1.54, 1.807) is 6.07 Å². The van der Waals surface area contributed by atoms with E-state index < -0.39 is 18.3 Å². The third kappa shape index (κ3) is 4.85. The first kappa shape index (κ1) is 22.1. The van der Waals surface area contributed by atoms with Crippen LogP contribution in [0.4, 0.5) is 5.69 Å². The fourth-order valence-electron chi connectivity index (χ4n) is 3.44. The lowest BCUT2D eigenvalue weighted by atomic mass is 9.78. The molecule has 0 spiro atoms. The molecule has 3 aromatic carbocycles. The molecule has 5 heteroatoms. The van der Waals surface area contributed by atoms with Gasteiger partial charge in [0, 0.05) is 11.3 Å². The summed E-state index contributed by atoms with van der Waals surface area (Å²) >= 11 is 0. The highest BCUT2D eigenvalue weighted by Gasteiger charge is 2.51. The first-order chi connectivity index (χ1) is 15.2. The number of benzene rings is 3. The van der Waals surface area contributed by atoms with E-state index in [9.17, 15) is 4.79 Å². The Morgan fingerprint density at radius 3 is 2.00 bits per heavy atom. The summed E-state index contributed by atoms with van der Waals surface area (Å²) in [4.78, 5) is 12.8. The van der Waals surface area contributed by atoms with Crippen LogP contribution in [-0.4, -0.2) is 24.2 Å². The molecule has 0 radical (unpaired) electrons. The highest BCUT2D eigenvalue weighted by atomic mass is 16.7. The topological polar surface area (TPSA) is 47.6 Å². The van der Waals surface area contributed by atoms with E-state index in [2.05, 4.69) is 29.6 Å². The fraction of sp³-hybridized carbons (Fsp3) is 0.222. The molecule has 0 aliphatic carbocycles. The van der Waals surface area contributed by atoms with Crippen LogP contribution in [0.25, 0.3) is 12.2 Å². The summed E-state index contributed by atoms with van der Waals surface area (Å²) in [5.74, 6) is -0.170. The molecule has 1 N–H and O–H groups in total. The molecule has 3 aromatic rings. The predicted molar refractivity (Wildman–Crippen MR) is 132 cm³/mol. The second-order valence-corrected chi connectivity index (χ2v) is 9.03. The molecule has 0 bridgehead atoms. The number of rotatable bonds is 5. The molecule has 0 aromatic heterocycles. The van der Waals surface area contributed by atoms with Gasteiger partial charge >= 0.3 is 7.12 Å². The van der Waals surface area contributed by atoms with Crippen molar-refractivity contribution in [3.8, 4) is 0 Å². The van der Waals surface area contributed by atoms with Crippen LogP contribution in [0.15, 0.2) is 78.9 Å². The Balaban J connectivity index is 1.42. The van der Waals surface area contributed by atoms with E-state index >= 15 is 0 Å². The van der Waals surface area contributed by atoms with Crippen molar-refractivity contribution in [2.24, 2.45) is 0 Å². The van der Waals surface area contributed by atoms with E-state index in [-0.39, 0.29) is 5.91 Å². The van der Waals surface area contributed by atoms with Crippen molar-refractivity contribution in [3.63, 3.8) is 0 Å². The SMILES string of the molecule is CC1(C)OB(c2cccc(C(=O)Nc3ccc(/C=C\c4ccccc4)cc3)c2)OC1(C)C. The van der Waals surface area contributed by atoms with Gasteiger partial charge in [0.15, 0.2) is 0 Å². The van der Waals surface area contributed by atoms with Crippen LogP contribution in [0.2, 0.25) is 0 Å². The second-order valence-electron chi connectivity index (χ2n) is 9.03. The van der Waals surface area contributed by atoms with Crippen LogP contribution in [0.5, 0.6) is 0 Å². The molecule has 1 heterocycles. The lowest BCUT2D eigenvalue weighted by Gasteiger charge is -2.32. The minimum absolute atomic E-state index is 0.170. The van der Waals surface area contributed by atoms with Crippen LogP contribution in [-0.2, 0) is 9.31 Å². The van der Waals surface area contributed by atoms with Gasteiger partial charge in [0.2, 0.25) is 0 Å². The second kappa shape index (κ2) is 8.77. The number of anilines is 1. The molecule has 4 nitrogen and oxygen atoms in total. The van der Waals surface area contributed by atoms with Crippen LogP contribution in [0, 0.1) is 0 Å². The molecule has 0 saturated carbocycles. The third-order valence-electron chi connectivity index (χ3n) is 6.11. The van der Waals surface area contributed by atoms with Gasteiger partial charge in [-0.2, -0.15) is 0 Å². The number of amides is 1. The average Bonchev–Trinajstić information content (AvgIpc) is 3.01. The summed E-state index contributed by atoms with van der Waals surface area (Å²) in [6.45, 7) is 8.06. The standard InChI is InChI=1S/C27H28BNO3/c1-26(2)27(3,4)32-28(31-26)23-12-8-11-22(19-23)25(30)29-24-17-15-21(16-18-24)14-13-20-9-6-5-7-10-20/h5-19H,1-4H3,(H,29,30)/b14-13-. The monoisotopic (exact) mass is 425 g/mol. The maximum absolute atomic E-state index is 12.8. The summed E-state index contributed by atoms with van der Waals surface area (Å²) < 4.78 is 12.2. The zero-order chi connectivity index (χ0) is 22.8. The molecule has 1 fully saturated rings. The smallest absolute Gasteiger partial charge is 0.399 e. The highest BCUT2D eigenvalue weighted by Crippen LogP contribution is 2.36. The van der Waals surface area contributed by atoms with Crippen molar-refractivity contribution < 1.29 is 14.1 Å². The fourth-order valence-corrected chi connectivity index (χ4v) is 3.44. The van der Waals surface area contributed by atoms with E-state index in [4.69, 9.17) is 9.31 Å². The average molecular weight is 425 g/mol. The molecule has 4 rings (SSSR count). The van der Waals surface area contributed by atoms with Gasteiger partial charge in [-0.1, -0.05) is 66.7 Å². The minimum atomic E-state index is -0.497. The van der Waals surface area contributed by atoms with Crippen LogP contribution >= 0.6 is 0 Å². The van der Waals surface area contributed by atoms with Crippen molar-refractivity contribution in [1.82, 2.24) is 0 Å². The van der Waals surface area contributed by atoms with Crippen LogP contribution in [0.3, 0.4) is 0 Å². The van der Waals surface area contributed by atoms with Gasteiger partial charge in [-0.3, -0.25) is 4.79 Å². The van der Waals surface area contributed by atoms with E-state index in [1.165, 1.54) is 0 Å². The van der Waals surface area contributed by atoms with Gasteiger partial charge in [-0.25, -0.2) is 0 Å². The number of hydrogen-bond donors (Lipinski definition) is 1. The van der Waals surface area contributed by atoms with Crippen LogP contribution < -0.4 is 10.8 Å². The zero-order valence-electron chi connectivity index (χ0n) is 19.0. The minimum Gasteiger partial charge on any atom is -0.399 e. The van der Waals surface area contributed by atoms with Gasteiger partial charge in [-0.05, 0) is 68.6 Å². The first-order valence-corrected chi connectivity index (χ1v) is 10.8. The molecule has 1 aliphatic rings. The molecule has 1 amide bonds. The molecule has 32 heavy (non-hydrogen) atoms. The van der Waals surface area contributed by atoms with Crippen molar-refractivity contribution in [1.29, 1.82) is 0 Å². The summed E-state index contributed by atoms with van der Waals surface area (Å²) in [6.07, 6.45) is 4.11. The van der Waals surface area contributed by atoms with Crippen molar-refractivity contribution >= 4 is 36.3 Å². The zero-order valence-corrected chi connectivity index (χ0v) is 19.0. The largest absolute Gasteiger partial charge is 0.494 e. The van der Waals surface area contributed by atoms with Gasteiger partial charge in [0.1, 0.15) is 0 Å². The van der Waals surface area contributed by atoms with E-state index in [1.807, 2.05) is 88.4 Å². The molecule has 1 saturated heterocycles. The normalized spacial score (nSPS) is 16.9. The summed E-state index contributed by atoms with van der Waals surface area (Å²) in [7, 11) is -0.497. The molecule has 0 unspecified atom stereocenters. The predicted octanol–water partition coefficient (Wildman–Crippen LogP) is 5.41. The Hall–Kier alpha value is -3.15. The van der Waals surface area contributed by atoms with Crippen molar-refractivity contribution in [3.05, 3.63) is 95.6 Å². The van der Waals surface area contributed by atoms with Gasteiger partial charge < -0.3 is 14.6 Å². The summed E-state index contributed by atoms with van der Waals surface area (Å²) in [5.41, 5.74) is 3.50. The highest BCUT2D eigenvalue weighted by molar-refractivity contribution is 6.62. The number of carbonyl (C=O) groups excluding carboxylic acids is 1. The summed E-state index contributed by atoms with van der Waals surface area (Å²) in [5, 5.41) is 2.96. The first-order valence-electron chi connectivity index (χ1n) is 10.8. The quantitative estimate of drug-likeness (QED) is 0.439. The molecule has 0 atom stereocenters. The third-order valence-corrected chi connectivity index (χ3v) is 6.11. The lowest BCUT2D eigenvalue weighted by molar-refractivity contribution is 0.00578. The van der Waals surface area contributed by atoms with E-state index in [0.29, 0.717) is 5.56 Å². The number of carbonyl (C=O) groups is 1. The van der Waals surface area contributed by atoms with Gasteiger partial charge in [-0.15, -0.1) is 0 Å². The van der Waals surface area contributed by atoms with Gasteiger partial charge in [0.25, 0.3) is 5.91 Å².